The zero-order valence-electron chi connectivity index (χ0n) is 14.3. The molecule has 1 atom stereocenters. The molecule has 1 saturated heterocycles. The molecule has 1 aliphatic rings. The second-order valence-electron chi connectivity index (χ2n) is 6.66. The van der Waals surface area contributed by atoms with Crippen molar-refractivity contribution in [3.05, 3.63) is 35.5 Å². The summed E-state index contributed by atoms with van der Waals surface area (Å²) in [5.41, 5.74) is 3.31. The molecule has 0 aliphatic carbocycles. The van der Waals surface area contributed by atoms with Gasteiger partial charge in [-0.25, -0.2) is 4.98 Å². The van der Waals surface area contributed by atoms with Gasteiger partial charge in [0, 0.05) is 6.54 Å². The third-order valence-electron chi connectivity index (χ3n) is 4.45. The number of nitrogens with zero attached hydrogens (tertiary/aromatic N) is 5. The predicted octanol–water partition coefficient (Wildman–Crippen LogP) is 2.66. The Hall–Kier alpha value is -2.41. The van der Waals surface area contributed by atoms with E-state index in [9.17, 15) is 0 Å². The van der Waals surface area contributed by atoms with Crippen LogP contribution in [0.15, 0.2) is 22.6 Å². The number of rotatable bonds is 4. The van der Waals surface area contributed by atoms with Crippen molar-refractivity contribution in [1.29, 1.82) is 0 Å². The van der Waals surface area contributed by atoms with Crippen molar-refractivity contribution in [2.75, 3.05) is 25.5 Å². The van der Waals surface area contributed by atoms with Crippen LogP contribution < -0.4 is 4.90 Å². The average Bonchev–Trinajstić information content (AvgIpc) is 3.24. The maximum atomic E-state index is 5.85. The van der Waals surface area contributed by atoms with Crippen LogP contribution in [0.25, 0.3) is 11.0 Å². The molecule has 7 nitrogen and oxygen atoms in total. The first-order valence-electron chi connectivity index (χ1n) is 8.31. The third-order valence-corrected chi connectivity index (χ3v) is 4.45. The van der Waals surface area contributed by atoms with Crippen LogP contribution in [0.4, 0.5) is 6.01 Å². The minimum atomic E-state index is 0.157. The lowest BCUT2D eigenvalue weighted by Crippen LogP contribution is -2.23. The lowest BCUT2D eigenvalue weighted by atomic mass is 10.2. The van der Waals surface area contributed by atoms with Gasteiger partial charge in [-0.05, 0) is 45.5 Å². The summed E-state index contributed by atoms with van der Waals surface area (Å²) >= 11 is 0. The van der Waals surface area contributed by atoms with Crippen LogP contribution >= 0.6 is 0 Å². The van der Waals surface area contributed by atoms with Crippen molar-refractivity contribution >= 4 is 17.0 Å². The number of fused-ring (bicyclic) bond motifs is 1. The van der Waals surface area contributed by atoms with Crippen molar-refractivity contribution in [1.82, 2.24) is 25.1 Å². The molecule has 0 saturated carbocycles. The van der Waals surface area contributed by atoms with E-state index >= 15 is 0 Å². The molecule has 24 heavy (non-hydrogen) atoms. The van der Waals surface area contributed by atoms with Crippen LogP contribution in [0.2, 0.25) is 0 Å². The quantitative estimate of drug-likeness (QED) is 0.794. The normalized spacial score (nSPS) is 18.2. The smallest absolute Gasteiger partial charge is 0.318 e. The van der Waals surface area contributed by atoms with Crippen LogP contribution in [0, 0.1) is 6.92 Å². The summed E-state index contributed by atoms with van der Waals surface area (Å²) in [6, 6.07) is 6.96. The monoisotopic (exact) mass is 326 g/mol. The molecule has 0 radical (unpaired) electrons. The molecular formula is C17H22N6O. The summed E-state index contributed by atoms with van der Waals surface area (Å²) in [7, 11) is 3.97. The standard InChI is InChI=1S/C17H22N6O/c1-11-6-4-7-12-15(11)19-16(18-12)13-8-5-9-23(13)17-21-20-14(24-17)10-22(2)3/h4,6-7,13H,5,8-10H2,1-3H3,(H,18,19). The SMILES string of the molecule is Cc1cccc2[nH]c(C3CCCN3c3nnc(CN(C)C)o3)nc12. The second-order valence-corrected chi connectivity index (χ2v) is 6.66. The fourth-order valence-electron chi connectivity index (χ4n) is 3.33. The van der Waals surface area contributed by atoms with E-state index in [0.29, 0.717) is 18.5 Å². The first-order chi connectivity index (χ1) is 11.6. The Morgan fingerprint density at radius 2 is 2.21 bits per heavy atom. The van der Waals surface area contributed by atoms with Crippen LogP contribution in [0.1, 0.15) is 36.2 Å². The summed E-state index contributed by atoms with van der Waals surface area (Å²) < 4.78 is 5.85. The van der Waals surface area contributed by atoms with Gasteiger partial charge >= 0.3 is 6.01 Å². The van der Waals surface area contributed by atoms with Gasteiger partial charge in [0.2, 0.25) is 5.89 Å². The number of hydrogen-bond acceptors (Lipinski definition) is 6. The highest BCUT2D eigenvalue weighted by Crippen LogP contribution is 2.35. The Morgan fingerprint density at radius 3 is 3.00 bits per heavy atom. The van der Waals surface area contributed by atoms with E-state index in [1.165, 1.54) is 5.56 Å². The molecule has 1 aliphatic heterocycles. The van der Waals surface area contributed by atoms with Crippen molar-refractivity contribution in [2.45, 2.75) is 32.4 Å². The van der Waals surface area contributed by atoms with Crippen molar-refractivity contribution in [3.8, 4) is 0 Å². The summed E-state index contributed by atoms with van der Waals surface area (Å²) in [6.45, 7) is 3.64. The molecule has 2 aromatic heterocycles. The number of benzene rings is 1. The van der Waals surface area contributed by atoms with E-state index < -0.39 is 0 Å². The van der Waals surface area contributed by atoms with E-state index in [4.69, 9.17) is 9.40 Å². The molecule has 4 rings (SSSR count). The minimum Gasteiger partial charge on any atom is -0.407 e. The number of aromatic nitrogens is 4. The molecule has 126 valence electrons. The maximum absolute atomic E-state index is 5.85. The van der Waals surface area contributed by atoms with Crippen molar-refractivity contribution in [2.24, 2.45) is 0 Å². The van der Waals surface area contributed by atoms with Gasteiger partial charge in [-0.15, -0.1) is 5.10 Å². The highest BCUT2D eigenvalue weighted by molar-refractivity contribution is 5.78. The van der Waals surface area contributed by atoms with E-state index in [2.05, 4.69) is 45.2 Å². The Bertz CT molecular complexity index is 852. The molecule has 1 N–H and O–H groups in total. The first-order valence-corrected chi connectivity index (χ1v) is 8.31. The lowest BCUT2D eigenvalue weighted by Gasteiger charge is -2.20. The van der Waals surface area contributed by atoms with Gasteiger partial charge in [0.15, 0.2) is 0 Å². The van der Waals surface area contributed by atoms with Gasteiger partial charge in [0.05, 0.1) is 23.6 Å². The fourth-order valence-corrected chi connectivity index (χ4v) is 3.33. The highest BCUT2D eigenvalue weighted by Gasteiger charge is 2.32. The Balaban J connectivity index is 1.64. The molecule has 0 amide bonds. The van der Waals surface area contributed by atoms with Crippen LogP contribution in [-0.4, -0.2) is 45.7 Å². The van der Waals surface area contributed by atoms with E-state index in [-0.39, 0.29) is 6.04 Å². The summed E-state index contributed by atoms with van der Waals surface area (Å²) in [4.78, 5) is 12.5. The van der Waals surface area contributed by atoms with Crippen molar-refractivity contribution < 1.29 is 4.42 Å². The molecule has 1 aromatic carbocycles. The third kappa shape index (κ3) is 2.65. The van der Waals surface area contributed by atoms with E-state index in [1.807, 2.05) is 19.0 Å². The number of nitrogens with one attached hydrogen (secondary N) is 1. The number of para-hydroxylation sites is 1. The van der Waals surface area contributed by atoms with Gasteiger partial charge in [-0.2, -0.15) is 0 Å². The summed E-state index contributed by atoms with van der Waals surface area (Å²) in [6.07, 6.45) is 2.12. The number of H-pyrrole nitrogens is 1. The fraction of sp³-hybridized carbons (Fsp3) is 0.471. The van der Waals surface area contributed by atoms with Crippen LogP contribution in [0.3, 0.4) is 0 Å². The van der Waals surface area contributed by atoms with Gasteiger partial charge in [-0.1, -0.05) is 17.2 Å². The van der Waals surface area contributed by atoms with Crippen LogP contribution in [-0.2, 0) is 6.54 Å². The number of imidazole rings is 1. The first kappa shape index (κ1) is 15.1. The van der Waals surface area contributed by atoms with E-state index in [1.54, 1.807) is 0 Å². The molecule has 1 unspecified atom stereocenters. The van der Waals surface area contributed by atoms with Gasteiger partial charge in [0.25, 0.3) is 0 Å². The summed E-state index contributed by atoms with van der Waals surface area (Å²) in [5.74, 6) is 1.62. The highest BCUT2D eigenvalue weighted by atomic mass is 16.4. The Labute approximate surface area is 140 Å². The van der Waals surface area contributed by atoms with Crippen molar-refractivity contribution in [3.63, 3.8) is 0 Å². The molecule has 3 aromatic rings. The molecular weight excluding hydrogens is 304 g/mol. The zero-order valence-corrected chi connectivity index (χ0v) is 14.3. The number of aryl methyl sites for hydroxylation is 1. The Kier molecular flexibility index (Phi) is 3.72. The van der Waals surface area contributed by atoms with E-state index in [0.717, 1.165) is 36.2 Å². The molecule has 0 spiro atoms. The largest absolute Gasteiger partial charge is 0.407 e. The summed E-state index contributed by atoms with van der Waals surface area (Å²) in [5, 5.41) is 8.39. The average molecular weight is 326 g/mol. The topological polar surface area (TPSA) is 74.1 Å². The minimum absolute atomic E-state index is 0.157. The molecule has 0 bridgehead atoms. The molecule has 7 heteroatoms. The van der Waals surface area contributed by atoms with Gasteiger partial charge in [0.1, 0.15) is 5.82 Å². The number of anilines is 1. The number of aromatic amines is 1. The Morgan fingerprint density at radius 1 is 1.33 bits per heavy atom. The van der Waals surface area contributed by atoms with Gasteiger partial charge < -0.3 is 19.2 Å². The molecule has 1 fully saturated rings. The predicted molar refractivity (Wildman–Crippen MR) is 91.8 cm³/mol. The zero-order chi connectivity index (χ0) is 16.7. The maximum Gasteiger partial charge on any atom is 0.318 e. The lowest BCUT2D eigenvalue weighted by molar-refractivity contribution is 0.341. The van der Waals surface area contributed by atoms with Gasteiger partial charge in [-0.3, -0.25) is 0 Å². The number of hydrogen-bond donors (Lipinski definition) is 1. The molecule has 3 heterocycles. The van der Waals surface area contributed by atoms with Crippen LogP contribution in [0.5, 0.6) is 0 Å². The second kappa shape index (κ2) is 5.90.